The van der Waals surface area contributed by atoms with Crippen LogP contribution in [0.25, 0.3) is 0 Å². The van der Waals surface area contributed by atoms with Gasteiger partial charge in [-0.05, 0) is 24.3 Å². The number of aromatic nitrogens is 1. The molecule has 2 rings (SSSR count). The summed E-state index contributed by atoms with van der Waals surface area (Å²) >= 11 is 0. The van der Waals surface area contributed by atoms with Crippen molar-refractivity contribution in [2.45, 2.75) is 0 Å². The number of rotatable bonds is 3. The van der Waals surface area contributed by atoms with Crippen LogP contribution in [0, 0.1) is 23.0 Å². The van der Waals surface area contributed by atoms with Crippen LogP contribution in [-0.4, -0.2) is 16.1 Å². The van der Waals surface area contributed by atoms with Gasteiger partial charge in [-0.15, -0.1) is 0 Å². The molecule has 0 fully saturated rings. The number of carbonyl (C=O) groups is 1. The van der Waals surface area contributed by atoms with E-state index in [9.17, 15) is 13.6 Å². The number of nitrogens with one attached hydrogen (secondary N) is 1. The van der Waals surface area contributed by atoms with Crippen molar-refractivity contribution in [1.29, 1.82) is 5.26 Å². The Balaban J connectivity index is 2.40. The Hall–Kier alpha value is -3.01. The SMILES string of the molecule is N#Cc1ccc(Nc2ncc(F)cc2C(=O)O)c(F)c1. The number of aromatic carboxylic acids is 1. The molecular weight excluding hydrogens is 268 g/mol. The molecule has 0 aliphatic carbocycles. The third kappa shape index (κ3) is 2.70. The van der Waals surface area contributed by atoms with Crippen molar-refractivity contribution in [3.8, 4) is 6.07 Å². The van der Waals surface area contributed by atoms with E-state index in [1.54, 1.807) is 6.07 Å². The molecule has 1 aromatic carbocycles. The van der Waals surface area contributed by atoms with E-state index in [0.717, 1.165) is 18.3 Å². The first-order valence-corrected chi connectivity index (χ1v) is 5.37. The summed E-state index contributed by atoms with van der Waals surface area (Å²) in [6, 6.07) is 6.16. The summed E-state index contributed by atoms with van der Waals surface area (Å²) < 4.78 is 26.6. The monoisotopic (exact) mass is 275 g/mol. The number of nitriles is 1. The third-order valence-corrected chi connectivity index (χ3v) is 2.44. The summed E-state index contributed by atoms with van der Waals surface area (Å²) in [4.78, 5) is 14.5. The van der Waals surface area contributed by atoms with Crippen molar-refractivity contribution in [2.75, 3.05) is 5.32 Å². The molecule has 0 aliphatic rings. The Morgan fingerprint density at radius 1 is 1.35 bits per heavy atom. The Morgan fingerprint density at radius 2 is 2.10 bits per heavy atom. The Bertz CT molecular complexity index is 726. The van der Waals surface area contributed by atoms with Gasteiger partial charge in [0.2, 0.25) is 0 Å². The molecule has 7 heteroatoms. The summed E-state index contributed by atoms with van der Waals surface area (Å²) in [7, 11) is 0. The number of pyridine rings is 1. The first-order valence-electron chi connectivity index (χ1n) is 5.37. The average molecular weight is 275 g/mol. The number of benzene rings is 1. The second-order valence-electron chi connectivity index (χ2n) is 3.79. The predicted octanol–water partition coefficient (Wildman–Crippen LogP) is 2.67. The van der Waals surface area contributed by atoms with Gasteiger partial charge in [0.25, 0.3) is 0 Å². The molecule has 0 aliphatic heterocycles. The molecule has 5 nitrogen and oxygen atoms in total. The highest BCUT2D eigenvalue weighted by Crippen LogP contribution is 2.22. The average Bonchev–Trinajstić information content (AvgIpc) is 2.42. The van der Waals surface area contributed by atoms with E-state index in [4.69, 9.17) is 10.4 Å². The fraction of sp³-hybridized carbons (Fsp3) is 0. The number of anilines is 2. The lowest BCUT2D eigenvalue weighted by Crippen LogP contribution is -2.06. The lowest BCUT2D eigenvalue weighted by atomic mass is 10.2. The van der Waals surface area contributed by atoms with E-state index in [2.05, 4.69) is 10.3 Å². The highest BCUT2D eigenvalue weighted by atomic mass is 19.1. The summed E-state index contributed by atoms with van der Waals surface area (Å²) in [5.74, 6) is -3.14. The van der Waals surface area contributed by atoms with Gasteiger partial charge in [-0.1, -0.05) is 0 Å². The van der Waals surface area contributed by atoms with Crippen LogP contribution in [0.15, 0.2) is 30.5 Å². The standard InChI is InChI=1S/C13H7F2N3O2/c14-8-4-9(13(19)20)12(17-6-8)18-11-2-1-7(5-16)3-10(11)15/h1-4,6H,(H,17,18)(H,19,20). The Kier molecular flexibility index (Phi) is 3.57. The second-order valence-corrected chi connectivity index (χ2v) is 3.79. The van der Waals surface area contributed by atoms with E-state index < -0.39 is 23.2 Å². The van der Waals surface area contributed by atoms with Crippen molar-refractivity contribution in [3.63, 3.8) is 0 Å². The quantitative estimate of drug-likeness (QED) is 0.899. The van der Waals surface area contributed by atoms with E-state index in [0.29, 0.717) is 0 Å². The first kappa shape index (κ1) is 13.4. The van der Waals surface area contributed by atoms with E-state index >= 15 is 0 Å². The van der Waals surface area contributed by atoms with Crippen molar-refractivity contribution < 1.29 is 18.7 Å². The zero-order chi connectivity index (χ0) is 14.7. The van der Waals surface area contributed by atoms with Crippen molar-refractivity contribution >= 4 is 17.5 Å². The zero-order valence-electron chi connectivity index (χ0n) is 9.89. The van der Waals surface area contributed by atoms with Crippen LogP contribution in [0.3, 0.4) is 0 Å². The summed E-state index contributed by atoms with van der Waals surface area (Å²) in [5.41, 5.74) is -0.363. The first-order chi connectivity index (χ1) is 9.51. The molecule has 20 heavy (non-hydrogen) atoms. The van der Waals surface area contributed by atoms with Crippen molar-refractivity contribution in [1.82, 2.24) is 4.98 Å². The van der Waals surface area contributed by atoms with Gasteiger partial charge in [0.15, 0.2) is 0 Å². The molecule has 0 saturated carbocycles. The van der Waals surface area contributed by atoms with Crippen LogP contribution in [0.5, 0.6) is 0 Å². The molecule has 0 spiro atoms. The zero-order valence-corrected chi connectivity index (χ0v) is 9.89. The number of nitrogens with zero attached hydrogens (tertiary/aromatic N) is 2. The van der Waals surface area contributed by atoms with Crippen LogP contribution in [-0.2, 0) is 0 Å². The molecule has 100 valence electrons. The number of hydrogen-bond acceptors (Lipinski definition) is 4. The number of halogens is 2. The summed E-state index contributed by atoms with van der Waals surface area (Å²) in [6.45, 7) is 0. The highest BCUT2D eigenvalue weighted by Gasteiger charge is 2.14. The van der Waals surface area contributed by atoms with E-state index in [1.807, 2.05) is 0 Å². The molecule has 2 aromatic rings. The topological polar surface area (TPSA) is 86.0 Å². The molecule has 1 aromatic heterocycles. The maximum absolute atomic E-state index is 13.7. The lowest BCUT2D eigenvalue weighted by molar-refractivity contribution is 0.0697. The fourth-order valence-electron chi connectivity index (χ4n) is 1.52. The molecule has 0 unspecified atom stereocenters. The van der Waals surface area contributed by atoms with Crippen LogP contribution in [0.2, 0.25) is 0 Å². The number of carboxylic acid groups (broad SMARTS) is 1. The minimum absolute atomic E-state index is 0.0643. The van der Waals surface area contributed by atoms with E-state index in [1.165, 1.54) is 12.1 Å². The van der Waals surface area contributed by atoms with Gasteiger partial charge >= 0.3 is 5.97 Å². The van der Waals surface area contributed by atoms with Crippen molar-refractivity contribution in [3.05, 3.63) is 53.2 Å². The van der Waals surface area contributed by atoms with Crippen LogP contribution in [0.4, 0.5) is 20.3 Å². The maximum atomic E-state index is 13.7. The molecule has 0 amide bonds. The molecule has 0 bridgehead atoms. The Morgan fingerprint density at radius 3 is 2.70 bits per heavy atom. The third-order valence-electron chi connectivity index (χ3n) is 2.44. The minimum atomic E-state index is -1.39. The molecule has 2 N–H and O–H groups in total. The van der Waals surface area contributed by atoms with Crippen molar-refractivity contribution in [2.24, 2.45) is 0 Å². The minimum Gasteiger partial charge on any atom is -0.478 e. The van der Waals surface area contributed by atoms with E-state index in [-0.39, 0.29) is 17.1 Å². The fourth-order valence-corrected chi connectivity index (χ4v) is 1.52. The van der Waals surface area contributed by atoms with Gasteiger partial charge in [0, 0.05) is 0 Å². The molecular formula is C13H7F2N3O2. The smallest absolute Gasteiger partial charge is 0.339 e. The summed E-state index contributed by atoms with van der Waals surface area (Å²) in [5, 5.41) is 20.0. The maximum Gasteiger partial charge on any atom is 0.339 e. The van der Waals surface area contributed by atoms with Crippen LogP contribution >= 0.6 is 0 Å². The largest absolute Gasteiger partial charge is 0.478 e. The van der Waals surface area contributed by atoms with Crippen LogP contribution < -0.4 is 5.32 Å². The lowest BCUT2D eigenvalue weighted by Gasteiger charge is -2.09. The summed E-state index contributed by atoms with van der Waals surface area (Å²) in [6.07, 6.45) is 0.816. The van der Waals surface area contributed by atoms with Gasteiger partial charge in [0.05, 0.1) is 23.5 Å². The van der Waals surface area contributed by atoms with Gasteiger partial charge in [-0.25, -0.2) is 18.6 Å². The number of hydrogen-bond donors (Lipinski definition) is 2. The van der Waals surface area contributed by atoms with Gasteiger partial charge in [0.1, 0.15) is 23.0 Å². The predicted molar refractivity (Wildman–Crippen MR) is 65.6 cm³/mol. The second kappa shape index (κ2) is 5.32. The molecule has 0 saturated heterocycles. The van der Waals surface area contributed by atoms with Gasteiger partial charge in [-0.3, -0.25) is 0 Å². The number of carboxylic acids is 1. The van der Waals surface area contributed by atoms with Crippen LogP contribution in [0.1, 0.15) is 15.9 Å². The highest BCUT2D eigenvalue weighted by molar-refractivity contribution is 5.93. The molecule has 0 atom stereocenters. The Labute approximate surface area is 112 Å². The van der Waals surface area contributed by atoms with Gasteiger partial charge < -0.3 is 10.4 Å². The molecule has 1 heterocycles. The molecule has 0 radical (unpaired) electrons. The normalized spacial score (nSPS) is 9.85. The van der Waals surface area contributed by atoms with Gasteiger partial charge in [-0.2, -0.15) is 5.26 Å².